The predicted octanol–water partition coefficient (Wildman–Crippen LogP) is 3.28. The molecule has 2 heteroatoms. The monoisotopic (exact) mass is 252 g/mol. The fourth-order valence-corrected chi connectivity index (χ4v) is 3.91. The van der Waals surface area contributed by atoms with Crippen LogP contribution in [0.2, 0.25) is 0 Å². The minimum Gasteiger partial charge on any atom is -0.315 e. The van der Waals surface area contributed by atoms with Crippen molar-refractivity contribution in [1.29, 1.82) is 0 Å². The van der Waals surface area contributed by atoms with Gasteiger partial charge in [-0.25, -0.2) is 0 Å². The van der Waals surface area contributed by atoms with Crippen molar-refractivity contribution in [3.8, 4) is 0 Å². The molecule has 0 aromatic carbocycles. The third kappa shape index (κ3) is 3.71. The van der Waals surface area contributed by atoms with Crippen molar-refractivity contribution in [2.45, 2.75) is 71.4 Å². The molecule has 3 atom stereocenters. The van der Waals surface area contributed by atoms with Crippen LogP contribution in [0.5, 0.6) is 0 Å². The molecule has 2 rings (SSSR count). The Bertz CT molecular complexity index is 237. The molecule has 0 amide bonds. The van der Waals surface area contributed by atoms with Gasteiger partial charge < -0.3 is 5.32 Å². The minimum atomic E-state index is 0.717. The lowest BCUT2D eigenvalue weighted by Gasteiger charge is -2.47. The van der Waals surface area contributed by atoms with E-state index in [9.17, 15) is 0 Å². The first kappa shape index (κ1) is 14.3. The first-order valence-electron chi connectivity index (χ1n) is 8.15. The third-order valence-corrected chi connectivity index (χ3v) is 4.84. The quantitative estimate of drug-likeness (QED) is 0.808. The molecule has 1 aliphatic carbocycles. The van der Waals surface area contributed by atoms with E-state index in [0.717, 1.165) is 30.5 Å². The summed E-state index contributed by atoms with van der Waals surface area (Å²) in [5.41, 5.74) is 0. The molecule has 18 heavy (non-hydrogen) atoms. The Labute approximate surface area is 114 Å². The van der Waals surface area contributed by atoms with Gasteiger partial charge in [0.25, 0.3) is 0 Å². The maximum atomic E-state index is 3.64. The maximum Gasteiger partial charge on any atom is 0.0195 e. The highest BCUT2D eigenvalue weighted by molar-refractivity contribution is 4.90. The SMILES string of the molecule is CC(C)CNCC(C)N1CCC[C@H]2CCCC[C@H]21. The average Bonchev–Trinajstić information content (AvgIpc) is 2.37. The van der Waals surface area contributed by atoms with Crippen LogP contribution >= 0.6 is 0 Å². The molecule has 1 saturated heterocycles. The molecule has 0 spiro atoms. The van der Waals surface area contributed by atoms with Crippen molar-refractivity contribution < 1.29 is 0 Å². The van der Waals surface area contributed by atoms with Gasteiger partial charge in [-0.05, 0) is 57.5 Å². The normalized spacial score (nSPS) is 31.3. The van der Waals surface area contributed by atoms with Crippen LogP contribution in [0, 0.1) is 11.8 Å². The molecule has 2 aliphatic rings. The van der Waals surface area contributed by atoms with Crippen molar-refractivity contribution in [2.75, 3.05) is 19.6 Å². The number of hydrogen-bond acceptors (Lipinski definition) is 2. The van der Waals surface area contributed by atoms with Crippen molar-refractivity contribution in [3.63, 3.8) is 0 Å². The van der Waals surface area contributed by atoms with Crippen molar-refractivity contribution in [2.24, 2.45) is 11.8 Å². The zero-order valence-corrected chi connectivity index (χ0v) is 12.6. The molecule has 0 aromatic rings. The van der Waals surface area contributed by atoms with E-state index in [1.54, 1.807) is 0 Å². The number of piperidine rings is 1. The van der Waals surface area contributed by atoms with E-state index in [-0.39, 0.29) is 0 Å². The first-order valence-corrected chi connectivity index (χ1v) is 8.15. The Kier molecular flexibility index (Phi) is 5.50. The summed E-state index contributed by atoms with van der Waals surface area (Å²) in [5.74, 6) is 1.78. The molecule has 2 nitrogen and oxygen atoms in total. The van der Waals surface area contributed by atoms with Crippen molar-refractivity contribution in [1.82, 2.24) is 10.2 Å². The number of nitrogens with zero attached hydrogens (tertiary/aromatic N) is 1. The molecular weight excluding hydrogens is 220 g/mol. The largest absolute Gasteiger partial charge is 0.315 e. The van der Waals surface area contributed by atoms with Gasteiger partial charge in [-0.3, -0.25) is 4.90 Å². The Morgan fingerprint density at radius 2 is 1.72 bits per heavy atom. The van der Waals surface area contributed by atoms with Crippen LogP contribution < -0.4 is 5.32 Å². The second-order valence-electron chi connectivity index (χ2n) is 6.89. The summed E-state index contributed by atoms with van der Waals surface area (Å²) < 4.78 is 0. The van der Waals surface area contributed by atoms with Gasteiger partial charge in [0, 0.05) is 18.6 Å². The van der Waals surface area contributed by atoms with E-state index in [2.05, 4.69) is 31.0 Å². The van der Waals surface area contributed by atoms with E-state index >= 15 is 0 Å². The van der Waals surface area contributed by atoms with Gasteiger partial charge in [-0.2, -0.15) is 0 Å². The van der Waals surface area contributed by atoms with Gasteiger partial charge in [0.2, 0.25) is 0 Å². The van der Waals surface area contributed by atoms with Crippen LogP contribution in [0.3, 0.4) is 0 Å². The highest BCUT2D eigenvalue weighted by atomic mass is 15.2. The van der Waals surface area contributed by atoms with Gasteiger partial charge >= 0.3 is 0 Å². The van der Waals surface area contributed by atoms with Crippen LogP contribution in [0.15, 0.2) is 0 Å². The molecule has 2 fully saturated rings. The third-order valence-electron chi connectivity index (χ3n) is 4.84. The number of rotatable bonds is 5. The Morgan fingerprint density at radius 1 is 1.00 bits per heavy atom. The second kappa shape index (κ2) is 6.91. The maximum absolute atomic E-state index is 3.64. The zero-order valence-electron chi connectivity index (χ0n) is 12.6. The molecule has 1 saturated carbocycles. The molecule has 106 valence electrons. The molecule has 1 heterocycles. The van der Waals surface area contributed by atoms with Gasteiger partial charge in [0.15, 0.2) is 0 Å². The number of nitrogens with one attached hydrogen (secondary N) is 1. The topological polar surface area (TPSA) is 15.3 Å². The highest BCUT2D eigenvalue weighted by Crippen LogP contribution is 2.36. The van der Waals surface area contributed by atoms with Crippen LogP contribution in [0.25, 0.3) is 0 Å². The average molecular weight is 252 g/mol. The van der Waals surface area contributed by atoms with Crippen molar-refractivity contribution >= 4 is 0 Å². The Morgan fingerprint density at radius 3 is 2.50 bits per heavy atom. The van der Waals surface area contributed by atoms with Gasteiger partial charge in [0.05, 0.1) is 0 Å². The fraction of sp³-hybridized carbons (Fsp3) is 1.00. The van der Waals surface area contributed by atoms with Gasteiger partial charge in [-0.1, -0.05) is 26.7 Å². The van der Waals surface area contributed by atoms with E-state index in [1.807, 2.05) is 0 Å². The lowest BCUT2D eigenvalue weighted by molar-refractivity contribution is 0.0314. The molecule has 0 aromatic heterocycles. The lowest BCUT2D eigenvalue weighted by Crippen LogP contribution is -2.53. The van der Waals surface area contributed by atoms with Crippen LogP contribution in [0.1, 0.15) is 59.3 Å². The van der Waals surface area contributed by atoms with Gasteiger partial charge in [-0.15, -0.1) is 0 Å². The van der Waals surface area contributed by atoms with E-state index in [4.69, 9.17) is 0 Å². The van der Waals surface area contributed by atoms with E-state index in [0.29, 0.717) is 0 Å². The Balaban J connectivity index is 1.81. The molecular formula is C16H32N2. The van der Waals surface area contributed by atoms with E-state index in [1.165, 1.54) is 51.6 Å². The minimum absolute atomic E-state index is 0.717. The predicted molar refractivity (Wildman–Crippen MR) is 78.9 cm³/mol. The second-order valence-corrected chi connectivity index (χ2v) is 6.89. The summed E-state index contributed by atoms with van der Waals surface area (Å²) in [4.78, 5) is 2.82. The molecule has 0 bridgehead atoms. The van der Waals surface area contributed by atoms with Crippen molar-refractivity contribution in [3.05, 3.63) is 0 Å². The lowest BCUT2D eigenvalue weighted by atomic mass is 9.78. The molecule has 1 N–H and O–H groups in total. The summed E-state index contributed by atoms with van der Waals surface area (Å²) in [6.45, 7) is 10.7. The smallest absolute Gasteiger partial charge is 0.0195 e. The molecule has 1 aliphatic heterocycles. The number of fused-ring (bicyclic) bond motifs is 1. The van der Waals surface area contributed by atoms with E-state index < -0.39 is 0 Å². The Hall–Kier alpha value is -0.0800. The number of likely N-dealkylation sites (tertiary alicyclic amines) is 1. The summed E-state index contributed by atoms with van der Waals surface area (Å²) in [5, 5.41) is 3.64. The first-order chi connectivity index (χ1) is 8.68. The van der Waals surface area contributed by atoms with Gasteiger partial charge in [0.1, 0.15) is 0 Å². The van der Waals surface area contributed by atoms with Crippen LogP contribution in [-0.4, -0.2) is 36.6 Å². The summed E-state index contributed by atoms with van der Waals surface area (Å²) >= 11 is 0. The molecule has 1 unspecified atom stereocenters. The van der Waals surface area contributed by atoms with Crippen LogP contribution in [0.4, 0.5) is 0 Å². The standard InChI is InChI=1S/C16H32N2/c1-13(2)11-17-12-14(3)18-10-6-8-15-7-4-5-9-16(15)18/h13-17H,4-12H2,1-3H3/t14?,15-,16-/m1/s1. The zero-order chi connectivity index (χ0) is 13.0. The fourth-order valence-electron chi connectivity index (χ4n) is 3.91. The van der Waals surface area contributed by atoms with Crippen LogP contribution in [-0.2, 0) is 0 Å². The molecule has 0 radical (unpaired) electrons. The highest BCUT2D eigenvalue weighted by Gasteiger charge is 2.34. The summed E-state index contributed by atoms with van der Waals surface area (Å²) in [6, 6.07) is 1.62. The number of hydrogen-bond donors (Lipinski definition) is 1. The summed E-state index contributed by atoms with van der Waals surface area (Å²) in [7, 11) is 0. The summed E-state index contributed by atoms with van der Waals surface area (Å²) in [6.07, 6.45) is 8.81.